The largest absolute Gasteiger partial charge is 0.459 e. The van der Waals surface area contributed by atoms with Crippen LogP contribution >= 0.6 is 11.3 Å². The van der Waals surface area contributed by atoms with Crippen LogP contribution in [-0.2, 0) is 56.3 Å². The van der Waals surface area contributed by atoms with Crippen molar-refractivity contribution in [1.29, 1.82) is 0 Å². The zero-order valence-corrected chi connectivity index (χ0v) is 28.5. The summed E-state index contributed by atoms with van der Waals surface area (Å²) in [6.45, 7) is 0.681. The number of nitro groups is 2. The van der Waals surface area contributed by atoms with Gasteiger partial charge in [0.25, 0.3) is 23.2 Å². The first-order valence-electron chi connectivity index (χ1n) is 15.0. The summed E-state index contributed by atoms with van der Waals surface area (Å²) in [5.41, 5.74) is 8.96. The zero-order valence-electron chi connectivity index (χ0n) is 27.7. The molecule has 22 nitrogen and oxygen atoms in total. The summed E-state index contributed by atoms with van der Waals surface area (Å²) in [5.74, 6) is -3.78. The highest BCUT2D eigenvalue weighted by molar-refractivity contribution is 7.13. The van der Waals surface area contributed by atoms with Crippen molar-refractivity contribution in [2.75, 3.05) is 18.9 Å². The molecular formula is C30H30N8O14S. The molecule has 2 atom stereocenters. The van der Waals surface area contributed by atoms with E-state index in [9.17, 15) is 44.2 Å². The Morgan fingerprint density at radius 3 is 2.04 bits per heavy atom. The number of aromatic nitrogens is 1. The summed E-state index contributed by atoms with van der Waals surface area (Å²) in [6, 6.07) is 7.88. The first-order valence-corrected chi connectivity index (χ1v) is 15.9. The number of ether oxygens (including phenoxy) is 3. The Hall–Kier alpha value is -6.75. The van der Waals surface area contributed by atoms with Gasteiger partial charge in [-0.15, -0.1) is 11.3 Å². The fourth-order valence-corrected chi connectivity index (χ4v) is 4.80. The predicted molar refractivity (Wildman–Crippen MR) is 178 cm³/mol. The number of nitro benzene ring substituents is 2. The lowest BCUT2D eigenvalue weighted by Crippen LogP contribution is -2.72. The molecular weight excluding hydrogens is 728 g/mol. The third-order valence-corrected chi connectivity index (χ3v) is 7.75. The van der Waals surface area contributed by atoms with E-state index in [1.165, 1.54) is 67.8 Å². The van der Waals surface area contributed by atoms with Crippen LogP contribution in [-0.4, -0.2) is 86.4 Å². The van der Waals surface area contributed by atoms with Crippen LogP contribution in [0.3, 0.4) is 0 Å². The smallest absolute Gasteiger partial charge is 0.404 e. The van der Waals surface area contributed by atoms with Crippen molar-refractivity contribution in [1.82, 2.24) is 15.4 Å². The second-order valence-electron chi connectivity index (χ2n) is 11.3. The maximum absolute atomic E-state index is 13.5. The highest BCUT2D eigenvalue weighted by Crippen LogP contribution is 2.23. The summed E-state index contributed by atoms with van der Waals surface area (Å²) in [5, 5.41) is 30.0. The van der Waals surface area contributed by atoms with E-state index < -0.39 is 76.3 Å². The summed E-state index contributed by atoms with van der Waals surface area (Å²) in [6.07, 6.45) is -1.21. The SMILES string of the molecule is CC(C)(O/N=C(\C(=O)N[C@@H]1C(=O)N(OCC(=O)OCc2ccc([N+](=O)[O-])cc2)[C@H]1COC(N)=O)c1csc(N)n1)C(=O)OCc1ccc([N+](=O)[O-])cc1. The number of amides is 3. The van der Waals surface area contributed by atoms with Gasteiger partial charge in [0.15, 0.2) is 17.5 Å². The molecule has 23 heteroatoms. The highest BCUT2D eigenvalue weighted by atomic mass is 32.1. The second-order valence-corrected chi connectivity index (χ2v) is 12.2. The van der Waals surface area contributed by atoms with Gasteiger partial charge in [-0.3, -0.25) is 34.7 Å². The van der Waals surface area contributed by atoms with Crippen molar-refractivity contribution >= 4 is 63.4 Å². The zero-order chi connectivity index (χ0) is 38.9. The number of nitrogen functional groups attached to an aromatic ring is 1. The molecule has 5 N–H and O–H groups in total. The van der Waals surface area contributed by atoms with Crippen LogP contribution in [0.2, 0.25) is 0 Å². The molecule has 0 unspecified atom stereocenters. The molecule has 1 aliphatic rings. The van der Waals surface area contributed by atoms with Crippen LogP contribution < -0.4 is 16.8 Å². The summed E-state index contributed by atoms with van der Waals surface area (Å²) in [7, 11) is 0. The predicted octanol–water partition coefficient (Wildman–Crippen LogP) is 1.25. The van der Waals surface area contributed by atoms with E-state index in [4.69, 9.17) is 35.4 Å². The number of hydrogen-bond donors (Lipinski definition) is 3. The quantitative estimate of drug-likeness (QED) is 0.0435. The molecule has 0 saturated carbocycles. The van der Waals surface area contributed by atoms with E-state index in [1.54, 1.807) is 0 Å². The van der Waals surface area contributed by atoms with Crippen LogP contribution in [0.5, 0.6) is 0 Å². The number of nitrogens with zero attached hydrogens (tertiary/aromatic N) is 5. The van der Waals surface area contributed by atoms with Gasteiger partial charge < -0.3 is 35.8 Å². The molecule has 3 aromatic rings. The number of nitrogens with two attached hydrogens (primary N) is 2. The van der Waals surface area contributed by atoms with E-state index in [1.807, 2.05) is 0 Å². The lowest BCUT2D eigenvalue weighted by molar-refractivity contribution is -0.385. The lowest BCUT2D eigenvalue weighted by atomic mass is 9.98. The number of benzene rings is 2. The maximum Gasteiger partial charge on any atom is 0.404 e. The maximum atomic E-state index is 13.5. The van der Waals surface area contributed by atoms with Crippen molar-refractivity contribution in [2.24, 2.45) is 10.9 Å². The van der Waals surface area contributed by atoms with E-state index in [-0.39, 0.29) is 35.4 Å². The van der Waals surface area contributed by atoms with Crippen LogP contribution in [0, 0.1) is 20.2 Å². The number of carbonyl (C=O) groups is 5. The molecule has 2 aromatic carbocycles. The fourth-order valence-electron chi connectivity index (χ4n) is 4.25. The number of carbonyl (C=O) groups excluding carboxylic acids is 5. The third kappa shape index (κ3) is 10.4. The number of nitrogens with one attached hydrogen (secondary N) is 1. The molecule has 1 aliphatic heterocycles. The lowest BCUT2D eigenvalue weighted by Gasteiger charge is -2.44. The van der Waals surface area contributed by atoms with Gasteiger partial charge in [0, 0.05) is 29.6 Å². The first kappa shape index (κ1) is 39.0. The van der Waals surface area contributed by atoms with Crippen molar-refractivity contribution in [2.45, 2.75) is 44.7 Å². The van der Waals surface area contributed by atoms with Gasteiger partial charge in [0.05, 0.1) is 9.85 Å². The number of hydrogen-bond acceptors (Lipinski definition) is 18. The van der Waals surface area contributed by atoms with Gasteiger partial charge in [-0.1, -0.05) is 5.16 Å². The number of anilines is 1. The number of thiazole rings is 1. The molecule has 0 radical (unpaired) electrons. The van der Waals surface area contributed by atoms with Crippen LogP contribution in [0.25, 0.3) is 0 Å². The van der Waals surface area contributed by atoms with Crippen molar-refractivity contribution in [3.05, 3.63) is 91.0 Å². The summed E-state index contributed by atoms with van der Waals surface area (Å²) >= 11 is 0.942. The molecule has 0 spiro atoms. The Bertz CT molecular complexity index is 1920. The fraction of sp³-hybridized carbons (Fsp3) is 0.300. The number of non-ortho nitro benzene ring substituents is 2. The molecule has 4 rings (SSSR count). The van der Waals surface area contributed by atoms with Gasteiger partial charge in [0.1, 0.15) is 37.6 Å². The molecule has 53 heavy (non-hydrogen) atoms. The van der Waals surface area contributed by atoms with Crippen molar-refractivity contribution in [3.63, 3.8) is 0 Å². The highest BCUT2D eigenvalue weighted by Gasteiger charge is 2.51. The standard InChI is InChI=1S/C30H30N8O14S/c1-30(2,27(42)49-12-17-5-9-19(10-6-17)38(46)47)52-35-23(20-15-53-28(31)33-20)25(40)34-24-21(13-50-29(32)43)36(26(24)41)51-14-22(39)48-11-16-3-7-18(8-4-16)37(44)45/h3-10,15,21,24H,11-14H2,1-2H3,(H2,31,33)(H2,32,43)(H,34,40)/b35-23-/t21-,24-/m0/s1. The Morgan fingerprint density at radius 2 is 1.53 bits per heavy atom. The van der Waals surface area contributed by atoms with Gasteiger partial charge in [-0.05, 0) is 49.2 Å². The van der Waals surface area contributed by atoms with Gasteiger partial charge in [0.2, 0.25) is 5.60 Å². The molecule has 0 aliphatic carbocycles. The Morgan fingerprint density at radius 1 is 0.962 bits per heavy atom. The molecule has 3 amide bonds. The van der Waals surface area contributed by atoms with Crippen LogP contribution in [0.15, 0.2) is 59.1 Å². The van der Waals surface area contributed by atoms with Gasteiger partial charge in [-0.25, -0.2) is 24.4 Å². The van der Waals surface area contributed by atoms with Crippen molar-refractivity contribution < 1.29 is 57.7 Å². The Balaban J connectivity index is 1.40. The molecule has 2 heterocycles. The first-order chi connectivity index (χ1) is 25.0. The molecule has 280 valence electrons. The molecule has 0 bridgehead atoms. The van der Waals surface area contributed by atoms with Crippen molar-refractivity contribution in [3.8, 4) is 0 Å². The number of oxime groups is 1. The number of rotatable bonds is 17. The van der Waals surface area contributed by atoms with E-state index in [0.29, 0.717) is 16.2 Å². The number of primary amides is 1. The average Bonchev–Trinajstić information content (AvgIpc) is 3.55. The van der Waals surface area contributed by atoms with Gasteiger partial charge in [-0.2, -0.15) is 0 Å². The minimum Gasteiger partial charge on any atom is -0.459 e. The minimum absolute atomic E-state index is 0.0368. The number of β-lactam (4-membered cyclic amide) rings is 1. The van der Waals surface area contributed by atoms with Crippen LogP contribution in [0.4, 0.5) is 21.3 Å². The topological polar surface area (TPSA) is 310 Å². The monoisotopic (exact) mass is 758 g/mol. The average molecular weight is 759 g/mol. The summed E-state index contributed by atoms with van der Waals surface area (Å²) < 4.78 is 15.1. The van der Waals surface area contributed by atoms with E-state index in [0.717, 1.165) is 11.3 Å². The van der Waals surface area contributed by atoms with Gasteiger partial charge >= 0.3 is 18.0 Å². The second kappa shape index (κ2) is 17.0. The third-order valence-electron chi connectivity index (χ3n) is 7.07. The molecule has 1 saturated heterocycles. The Labute approximate surface area is 301 Å². The Kier molecular flexibility index (Phi) is 12.5. The normalized spacial score (nSPS) is 15.5. The van der Waals surface area contributed by atoms with E-state index in [2.05, 4.69) is 15.5 Å². The molecule has 1 aromatic heterocycles. The minimum atomic E-state index is -1.80. The molecule has 1 fully saturated rings. The summed E-state index contributed by atoms with van der Waals surface area (Å²) in [4.78, 5) is 98.2. The number of esters is 2. The van der Waals surface area contributed by atoms with Crippen LogP contribution in [0.1, 0.15) is 30.7 Å². The van der Waals surface area contributed by atoms with E-state index >= 15 is 0 Å². The number of hydroxylamine groups is 2.